The average molecular weight is 193 g/mol. The molecule has 1 rings (SSSR count). The van der Waals surface area contributed by atoms with Crippen LogP contribution in [-0.2, 0) is 0 Å². The Kier molecular flexibility index (Phi) is 3.84. The minimum atomic E-state index is -0.152. The summed E-state index contributed by atoms with van der Waals surface area (Å²) < 4.78 is 13.0. The highest BCUT2D eigenvalue weighted by Gasteiger charge is 1.99. The highest BCUT2D eigenvalue weighted by Crippen LogP contribution is 2.17. The topological polar surface area (TPSA) is 26.0 Å². The summed E-state index contributed by atoms with van der Waals surface area (Å²) in [6.07, 6.45) is 2.94. The highest BCUT2D eigenvalue weighted by atomic mass is 19.1. The first-order chi connectivity index (χ1) is 6.65. The van der Waals surface area contributed by atoms with E-state index in [1.165, 1.54) is 6.07 Å². The van der Waals surface area contributed by atoms with Crippen LogP contribution in [0.3, 0.4) is 0 Å². The zero-order valence-corrected chi connectivity index (χ0v) is 8.68. The Labute approximate surface area is 84.4 Å². The summed E-state index contributed by atoms with van der Waals surface area (Å²) in [6.45, 7) is 4.44. The van der Waals surface area contributed by atoms with Crippen molar-refractivity contribution in [3.8, 4) is 0 Å². The van der Waals surface area contributed by atoms with E-state index in [-0.39, 0.29) is 5.82 Å². The summed E-state index contributed by atoms with van der Waals surface area (Å²) in [5.74, 6) is -0.152. The molecule has 0 aliphatic carbocycles. The van der Waals surface area contributed by atoms with Crippen molar-refractivity contribution in [2.24, 2.45) is 5.73 Å². The van der Waals surface area contributed by atoms with Crippen molar-refractivity contribution in [2.45, 2.75) is 20.3 Å². The normalized spacial score (nSPS) is 11.9. The van der Waals surface area contributed by atoms with Crippen LogP contribution < -0.4 is 5.73 Å². The Bertz CT molecular complexity index is 342. The molecule has 0 aliphatic heterocycles. The highest BCUT2D eigenvalue weighted by molar-refractivity contribution is 5.64. The van der Waals surface area contributed by atoms with Gasteiger partial charge >= 0.3 is 0 Å². The Morgan fingerprint density at radius 2 is 2.21 bits per heavy atom. The summed E-state index contributed by atoms with van der Waals surface area (Å²) in [5, 5.41) is 0. The Balaban J connectivity index is 2.91. The molecule has 0 radical (unpaired) electrons. The average Bonchev–Trinajstić information content (AvgIpc) is 2.18. The molecule has 0 fully saturated rings. The van der Waals surface area contributed by atoms with Crippen LogP contribution in [-0.4, -0.2) is 6.54 Å². The third-order valence-electron chi connectivity index (χ3n) is 2.23. The first-order valence-electron chi connectivity index (χ1n) is 4.78. The zero-order chi connectivity index (χ0) is 10.6. The van der Waals surface area contributed by atoms with Gasteiger partial charge in [-0.3, -0.25) is 0 Å². The molecular formula is C12H16FN. The predicted molar refractivity (Wildman–Crippen MR) is 58.5 cm³/mol. The third kappa shape index (κ3) is 2.67. The lowest BCUT2D eigenvalue weighted by molar-refractivity contribution is 0.618. The zero-order valence-electron chi connectivity index (χ0n) is 8.68. The van der Waals surface area contributed by atoms with Crippen molar-refractivity contribution in [3.63, 3.8) is 0 Å². The predicted octanol–water partition coefficient (Wildman–Crippen LogP) is 2.89. The van der Waals surface area contributed by atoms with Crippen LogP contribution >= 0.6 is 0 Å². The van der Waals surface area contributed by atoms with E-state index < -0.39 is 0 Å². The number of hydrogen-bond acceptors (Lipinski definition) is 1. The summed E-state index contributed by atoms with van der Waals surface area (Å²) in [7, 11) is 0. The maximum Gasteiger partial charge on any atom is 0.126 e. The molecule has 0 saturated heterocycles. The molecule has 0 saturated carbocycles. The van der Waals surface area contributed by atoms with Crippen molar-refractivity contribution in [3.05, 3.63) is 41.2 Å². The summed E-state index contributed by atoms with van der Waals surface area (Å²) in [6, 6.07) is 5.16. The van der Waals surface area contributed by atoms with E-state index in [2.05, 4.69) is 6.08 Å². The summed E-state index contributed by atoms with van der Waals surface area (Å²) in [5.41, 5.74) is 8.31. The molecule has 14 heavy (non-hydrogen) atoms. The molecule has 0 amide bonds. The van der Waals surface area contributed by atoms with Gasteiger partial charge in [0, 0.05) is 0 Å². The minimum Gasteiger partial charge on any atom is -0.330 e. The van der Waals surface area contributed by atoms with Gasteiger partial charge in [0.05, 0.1) is 0 Å². The lowest BCUT2D eigenvalue weighted by Crippen LogP contribution is -1.96. The third-order valence-corrected chi connectivity index (χ3v) is 2.23. The van der Waals surface area contributed by atoms with Crippen LogP contribution in [0, 0.1) is 12.7 Å². The molecule has 0 atom stereocenters. The van der Waals surface area contributed by atoms with Crippen molar-refractivity contribution in [1.29, 1.82) is 0 Å². The van der Waals surface area contributed by atoms with Gasteiger partial charge in [-0.25, -0.2) is 4.39 Å². The molecule has 0 aromatic heterocycles. The lowest BCUT2D eigenvalue weighted by atomic mass is 10.0. The van der Waals surface area contributed by atoms with E-state index in [0.29, 0.717) is 12.1 Å². The molecular weight excluding hydrogens is 177 g/mol. The number of benzene rings is 1. The van der Waals surface area contributed by atoms with E-state index in [4.69, 9.17) is 5.73 Å². The largest absolute Gasteiger partial charge is 0.330 e. The maximum absolute atomic E-state index is 13.0. The molecule has 2 N–H and O–H groups in total. The molecule has 0 bridgehead atoms. The van der Waals surface area contributed by atoms with Crippen molar-refractivity contribution < 1.29 is 4.39 Å². The second-order valence-electron chi connectivity index (χ2n) is 3.43. The fourth-order valence-corrected chi connectivity index (χ4v) is 1.31. The summed E-state index contributed by atoms with van der Waals surface area (Å²) >= 11 is 0. The van der Waals surface area contributed by atoms with Crippen LogP contribution in [0.2, 0.25) is 0 Å². The smallest absolute Gasteiger partial charge is 0.126 e. The molecule has 0 spiro atoms. The van der Waals surface area contributed by atoms with Gasteiger partial charge in [-0.15, -0.1) is 0 Å². The van der Waals surface area contributed by atoms with Gasteiger partial charge in [-0.05, 0) is 55.6 Å². The van der Waals surface area contributed by atoms with E-state index in [0.717, 1.165) is 17.6 Å². The lowest BCUT2D eigenvalue weighted by Gasteiger charge is -2.03. The van der Waals surface area contributed by atoms with E-state index >= 15 is 0 Å². The number of aryl methyl sites for hydroxylation is 1. The van der Waals surface area contributed by atoms with Gasteiger partial charge in [0.25, 0.3) is 0 Å². The standard InChI is InChI=1S/C12H16FN/c1-9(4-3-7-14)11-5-6-12(13)10(2)8-11/h4-6,8H,3,7,14H2,1-2H3. The minimum absolute atomic E-state index is 0.152. The van der Waals surface area contributed by atoms with E-state index in [1.54, 1.807) is 13.0 Å². The van der Waals surface area contributed by atoms with Gasteiger partial charge in [-0.1, -0.05) is 12.1 Å². The maximum atomic E-state index is 13.0. The van der Waals surface area contributed by atoms with Crippen LogP contribution in [0.15, 0.2) is 24.3 Å². The molecule has 76 valence electrons. The molecule has 1 aromatic carbocycles. The molecule has 1 aromatic rings. The van der Waals surface area contributed by atoms with Crippen molar-refractivity contribution in [1.82, 2.24) is 0 Å². The van der Waals surface area contributed by atoms with Crippen LogP contribution in [0.1, 0.15) is 24.5 Å². The molecule has 0 unspecified atom stereocenters. The number of nitrogens with two attached hydrogens (primary N) is 1. The quantitative estimate of drug-likeness (QED) is 0.784. The Morgan fingerprint density at radius 1 is 1.50 bits per heavy atom. The monoisotopic (exact) mass is 193 g/mol. The van der Waals surface area contributed by atoms with Gasteiger partial charge in [0.15, 0.2) is 0 Å². The summed E-state index contributed by atoms with van der Waals surface area (Å²) in [4.78, 5) is 0. The molecule has 1 nitrogen and oxygen atoms in total. The van der Waals surface area contributed by atoms with E-state index in [9.17, 15) is 4.39 Å². The second-order valence-corrected chi connectivity index (χ2v) is 3.43. The van der Waals surface area contributed by atoms with Gasteiger partial charge in [-0.2, -0.15) is 0 Å². The number of hydrogen-bond donors (Lipinski definition) is 1. The van der Waals surface area contributed by atoms with E-state index in [1.807, 2.05) is 13.0 Å². The SMILES string of the molecule is CC(=CCCN)c1ccc(F)c(C)c1. The fourth-order valence-electron chi connectivity index (χ4n) is 1.31. The second kappa shape index (κ2) is 4.91. The molecule has 0 heterocycles. The van der Waals surface area contributed by atoms with Gasteiger partial charge in [0.1, 0.15) is 5.82 Å². The van der Waals surface area contributed by atoms with Crippen molar-refractivity contribution >= 4 is 5.57 Å². The van der Waals surface area contributed by atoms with Crippen LogP contribution in [0.5, 0.6) is 0 Å². The molecule has 2 heteroatoms. The fraction of sp³-hybridized carbons (Fsp3) is 0.333. The molecule has 0 aliphatic rings. The number of allylic oxidation sites excluding steroid dienone is 1. The van der Waals surface area contributed by atoms with Crippen LogP contribution in [0.25, 0.3) is 5.57 Å². The Hall–Kier alpha value is -1.15. The Morgan fingerprint density at radius 3 is 2.79 bits per heavy atom. The van der Waals surface area contributed by atoms with Crippen molar-refractivity contribution in [2.75, 3.05) is 6.54 Å². The van der Waals surface area contributed by atoms with Crippen LogP contribution in [0.4, 0.5) is 4.39 Å². The number of rotatable bonds is 3. The van der Waals surface area contributed by atoms with Gasteiger partial charge in [0.2, 0.25) is 0 Å². The van der Waals surface area contributed by atoms with Gasteiger partial charge < -0.3 is 5.73 Å². The first kappa shape index (κ1) is 10.9. The first-order valence-corrected chi connectivity index (χ1v) is 4.78. The number of halogens is 1.